The van der Waals surface area contributed by atoms with Crippen LogP contribution >= 0.6 is 22.9 Å². The number of anilines is 1. The molecule has 0 aliphatic carbocycles. The van der Waals surface area contributed by atoms with Crippen molar-refractivity contribution >= 4 is 58.9 Å². The first-order valence-corrected chi connectivity index (χ1v) is 15.8. The Morgan fingerprint density at radius 2 is 1.49 bits per heavy atom. The fraction of sp³-hybridized carbons (Fsp3) is 0.240. The number of hydrogen-bond acceptors (Lipinski definition) is 6. The molecule has 1 aliphatic rings. The van der Waals surface area contributed by atoms with E-state index in [0.717, 1.165) is 36.2 Å². The number of fused-ring (bicyclic) bond motifs is 1. The molecule has 194 valence electrons. The highest BCUT2D eigenvalue weighted by atomic mass is 35.5. The Balaban J connectivity index is 1.36. The van der Waals surface area contributed by atoms with Crippen molar-refractivity contribution in [1.82, 2.24) is 8.87 Å². The first kappa shape index (κ1) is 25.9. The number of hydrogen-bond donors (Lipinski definition) is 1. The van der Waals surface area contributed by atoms with Crippen molar-refractivity contribution in [2.75, 3.05) is 17.8 Å². The third-order valence-corrected chi connectivity index (χ3v) is 10.7. The van der Waals surface area contributed by atoms with E-state index in [0.29, 0.717) is 34.9 Å². The molecule has 1 N–H and O–H groups in total. The second-order valence-electron chi connectivity index (χ2n) is 8.80. The molecule has 0 radical (unpaired) electrons. The Kier molecular flexibility index (Phi) is 7.16. The predicted octanol–water partition coefficient (Wildman–Crippen LogP) is 4.74. The molecule has 0 saturated carbocycles. The molecule has 1 aromatic heterocycles. The van der Waals surface area contributed by atoms with Crippen LogP contribution in [-0.2, 0) is 26.6 Å². The maximum atomic E-state index is 13.1. The van der Waals surface area contributed by atoms with E-state index in [2.05, 4.69) is 4.72 Å². The molecule has 5 rings (SSSR count). The van der Waals surface area contributed by atoms with Crippen molar-refractivity contribution in [3.63, 3.8) is 0 Å². The molecule has 0 atom stereocenters. The number of nitrogens with one attached hydrogen (secondary N) is 1. The summed E-state index contributed by atoms with van der Waals surface area (Å²) in [6.45, 7) is 1.33. The zero-order chi connectivity index (χ0) is 26.2. The molecular formula is C25H24ClN3O5S3. The van der Waals surface area contributed by atoms with Gasteiger partial charge >= 0.3 is 4.87 Å². The van der Waals surface area contributed by atoms with Crippen LogP contribution < -0.4 is 9.60 Å². The lowest BCUT2D eigenvalue weighted by Gasteiger charge is -2.25. The van der Waals surface area contributed by atoms with E-state index in [1.165, 1.54) is 40.7 Å². The lowest BCUT2D eigenvalue weighted by atomic mass is 10.2. The van der Waals surface area contributed by atoms with Gasteiger partial charge in [0.1, 0.15) is 0 Å². The van der Waals surface area contributed by atoms with Gasteiger partial charge in [0.15, 0.2) is 0 Å². The van der Waals surface area contributed by atoms with Crippen molar-refractivity contribution in [2.45, 2.75) is 35.6 Å². The smallest absolute Gasteiger partial charge is 0.294 e. The highest BCUT2D eigenvalue weighted by molar-refractivity contribution is 7.92. The third kappa shape index (κ3) is 5.46. The molecular weight excluding hydrogens is 554 g/mol. The van der Waals surface area contributed by atoms with Crippen LogP contribution in [0.2, 0.25) is 5.02 Å². The van der Waals surface area contributed by atoms with Crippen molar-refractivity contribution < 1.29 is 16.8 Å². The van der Waals surface area contributed by atoms with Gasteiger partial charge in [0.2, 0.25) is 10.0 Å². The van der Waals surface area contributed by atoms with Crippen LogP contribution in [0.5, 0.6) is 0 Å². The van der Waals surface area contributed by atoms with Gasteiger partial charge in [-0.15, -0.1) is 0 Å². The van der Waals surface area contributed by atoms with Crippen molar-refractivity contribution in [3.05, 3.63) is 87.0 Å². The third-order valence-electron chi connectivity index (χ3n) is 6.26. The van der Waals surface area contributed by atoms with Gasteiger partial charge in [0.05, 0.1) is 26.6 Å². The average Bonchev–Trinajstić information content (AvgIpc) is 3.20. The van der Waals surface area contributed by atoms with Crippen molar-refractivity contribution in [2.24, 2.45) is 0 Å². The summed E-state index contributed by atoms with van der Waals surface area (Å²) in [6, 6.07) is 17.4. The van der Waals surface area contributed by atoms with Crippen LogP contribution in [0, 0.1) is 0 Å². The number of benzene rings is 3. The van der Waals surface area contributed by atoms with Gasteiger partial charge in [-0.25, -0.2) is 16.8 Å². The summed E-state index contributed by atoms with van der Waals surface area (Å²) >= 11 is 6.91. The first-order chi connectivity index (χ1) is 17.6. The van der Waals surface area contributed by atoms with Gasteiger partial charge in [0, 0.05) is 23.8 Å². The van der Waals surface area contributed by atoms with E-state index in [1.807, 2.05) is 12.1 Å². The molecule has 0 spiro atoms. The molecule has 0 bridgehead atoms. The zero-order valence-electron chi connectivity index (χ0n) is 19.6. The van der Waals surface area contributed by atoms with Crippen LogP contribution in [-0.4, -0.2) is 38.8 Å². The lowest BCUT2D eigenvalue weighted by Crippen LogP contribution is -2.35. The normalized spacial score (nSPS) is 15.2. The van der Waals surface area contributed by atoms with Crippen LogP contribution in [0.1, 0.15) is 24.8 Å². The van der Waals surface area contributed by atoms with E-state index in [4.69, 9.17) is 11.6 Å². The molecule has 2 heterocycles. The SMILES string of the molecule is O=c1sc2cc(S(=O)(=O)Nc3ccc(S(=O)(=O)N4CCCCC4)cc3)ccc2n1Cc1ccc(Cl)cc1. The molecule has 12 heteroatoms. The van der Waals surface area contributed by atoms with Gasteiger partial charge < -0.3 is 0 Å². The Labute approximate surface area is 224 Å². The van der Waals surface area contributed by atoms with Crippen LogP contribution in [0.15, 0.2) is 81.3 Å². The van der Waals surface area contributed by atoms with Crippen molar-refractivity contribution in [1.29, 1.82) is 0 Å². The summed E-state index contributed by atoms with van der Waals surface area (Å²) < 4.78 is 57.9. The molecule has 3 aromatic carbocycles. The number of nitrogens with zero attached hydrogens (tertiary/aromatic N) is 2. The molecule has 37 heavy (non-hydrogen) atoms. The second kappa shape index (κ2) is 10.2. The predicted molar refractivity (Wildman–Crippen MR) is 146 cm³/mol. The standard InChI is InChI=1S/C25H24ClN3O5S3/c26-19-6-4-18(5-7-19)17-29-23-13-12-22(16-24(23)35-25(29)30)36(31,32)27-20-8-10-21(11-9-20)37(33,34)28-14-2-1-3-15-28/h4-13,16,27H,1-3,14-15,17H2. The lowest BCUT2D eigenvalue weighted by molar-refractivity contribution is 0.346. The molecule has 1 fully saturated rings. The number of thiazole rings is 1. The van der Waals surface area contributed by atoms with E-state index in [9.17, 15) is 21.6 Å². The molecule has 1 saturated heterocycles. The number of aromatic nitrogens is 1. The summed E-state index contributed by atoms with van der Waals surface area (Å²) in [4.78, 5) is 12.6. The molecule has 8 nitrogen and oxygen atoms in total. The maximum Gasteiger partial charge on any atom is 0.308 e. The first-order valence-electron chi connectivity index (χ1n) is 11.6. The number of sulfonamides is 2. The van der Waals surface area contributed by atoms with Crippen LogP contribution in [0.25, 0.3) is 10.2 Å². The molecule has 1 aliphatic heterocycles. The molecule has 0 amide bonds. The van der Waals surface area contributed by atoms with Crippen molar-refractivity contribution in [3.8, 4) is 0 Å². The Morgan fingerprint density at radius 3 is 2.16 bits per heavy atom. The second-order valence-corrected chi connectivity index (χ2v) is 13.9. The largest absolute Gasteiger partial charge is 0.308 e. The average molecular weight is 578 g/mol. The highest BCUT2D eigenvalue weighted by Crippen LogP contribution is 2.26. The maximum absolute atomic E-state index is 13.1. The Bertz CT molecular complexity index is 1710. The van der Waals surface area contributed by atoms with Gasteiger partial charge in [-0.1, -0.05) is 41.5 Å². The fourth-order valence-electron chi connectivity index (χ4n) is 4.30. The van der Waals surface area contributed by atoms with E-state index in [1.54, 1.807) is 22.8 Å². The summed E-state index contributed by atoms with van der Waals surface area (Å²) in [5, 5.41) is 0.604. The quantitative estimate of drug-likeness (QED) is 0.341. The Hall–Kier alpha value is -2.70. The van der Waals surface area contributed by atoms with Gasteiger partial charge in [0.25, 0.3) is 10.0 Å². The van der Waals surface area contributed by atoms with Gasteiger partial charge in [-0.05, 0) is 73.0 Å². The summed E-state index contributed by atoms with van der Waals surface area (Å²) in [5.41, 5.74) is 1.78. The number of halogens is 1. The number of rotatable bonds is 7. The van der Waals surface area contributed by atoms with E-state index in [-0.39, 0.29) is 20.4 Å². The van der Waals surface area contributed by atoms with Gasteiger partial charge in [-0.3, -0.25) is 14.1 Å². The minimum atomic E-state index is -3.97. The Morgan fingerprint density at radius 1 is 0.838 bits per heavy atom. The summed E-state index contributed by atoms with van der Waals surface area (Å²) in [5.74, 6) is 0. The molecule has 4 aromatic rings. The van der Waals surface area contributed by atoms with E-state index >= 15 is 0 Å². The summed E-state index contributed by atoms with van der Waals surface area (Å²) in [7, 11) is -7.58. The minimum absolute atomic E-state index is 0.00454. The van der Waals surface area contributed by atoms with Gasteiger partial charge in [-0.2, -0.15) is 4.31 Å². The van der Waals surface area contributed by atoms with E-state index < -0.39 is 20.0 Å². The number of piperidine rings is 1. The fourth-order valence-corrected chi connectivity index (χ4v) is 8.03. The summed E-state index contributed by atoms with van der Waals surface area (Å²) in [6.07, 6.45) is 2.68. The van der Waals surface area contributed by atoms with Crippen LogP contribution in [0.4, 0.5) is 5.69 Å². The molecule has 0 unspecified atom stereocenters. The minimum Gasteiger partial charge on any atom is -0.294 e. The monoisotopic (exact) mass is 577 g/mol. The highest BCUT2D eigenvalue weighted by Gasteiger charge is 2.26. The zero-order valence-corrected chi connectivity index (χ0v) is 22.8. The van der Waals surface area contributed by atoms with Crippen LogP contribution in [0.3, 0.4) is 0 Å². The topological polar surface area (TPSA) is 106 Å².